The lowest BCUT2D eigenvalue weighted by Crippen LogP contribution is -2.09. The van der Waals surface area contributed by atoms with Crippen LogP contribution in [0.1, 0.15) is 11.9 Å². The van der Waals surface area contributed by atoms with Gasteiger partial charge in [0.1, 0.15) is 5.75 Å². The summed E-state index contributed by atoms with van der Waals surface area (Å²) in [4.78, 5) is 4.63. The fourth-order valence-electron chi connectivity index (χ4n) is 1.68. The number of nitrogens with one attached hydrogen (secondary N) is 1. The molecule has 1 heterocycles. The monoisotopic (exact) mass is 262 g/mol. The predicted molar refractivity (Wildman–Crippen MR) is 76.3 cm³/mol. The first-order valence-electron chi connectivity index (χ1n) is 6.15. The molecule has 96 valence electrons. The Balaban J connectivity index is 2.08. The molecule has 1 aromatic heterocycles. The minimum Gasteiger partial charge on any atom is -0.494 e. The average Bonchev–Trinajstić information content (AvgIpc) is 2.86. The van der Waals surface area contributed by atoms with Gasteiger partial charge in [-0.1, -0.05) is 0 Å². The second kappa shape index (κ2) is 6.52. The van der Waals surface area contributed by atoms with Gasteiger partial charge < -0.3 is 10.1 Å². The molecular weight excluding hydrogens is 244 g/mol. The first-order valence-corrected chi connectivity index (χ1v) is 7.03. The summed E-state index contributed by atoms with van der Waals surface area (Å²) in [6.45, 7) is 3.66. The van der Waals surface area contributed by atoms with Gasteiger partial charge >= 0.3 is 0 Å². The summed E-state index contributed by atoms with van der Waals surface area (Å²) in [6, 6.07) is 8.10. The van der Waals surface area contributed by atoms with Crippen LogP contribution >= 0.6 is 11.3 Å². The number of hydrogen-bond acceptors (Lipinski definition) is 4. The molecule has 0 aliphatic rings. The van der Waals surface area contributed by atoms with Crippen molar-refractivity contribution < 1.29 is 4.74 Å². The lowest BCUT2D eigenvalue weighted by atomic mass is 10.2. The highest BCUT2D eigenvalue weighted by Crippen LogP contribution is 2.24. The Morgan fingerprint density at radius 2 is 2.06 bits per heavy atom. The van der Waals surface area contributed by atoms with Crippen molar-refractivity contribution in [1.82, 2.24) is 10.3 Å². The second-order valence-corrected chi connectivity index (χ2v) is 4.88. The third-order valence-electron chi connectivity index (χ3n) is 2.60. The van der Waals surface area contributed by atoms with Gasteiger partial charge in [-0.25, -0.2) is 4.98 Å². The Kier molecular flexibility index (Phi) is 4.73. The maximum Gasteiger partial charge on any atom is 0.119 e. The predicted octanol–water partition coefficient (Wildman–Crippen LogP) is 2.97. The molecule has 18 heavy (non-hydrogen) atoms. The summed E-state index contributed by atoms with van der Waals surface area (Å²) in [5, 5.41) is 6.42. The number of thiazole rings is 1. The van der Waals surface area contributed by atoms with E-state index in [-0.39, 0.29) is 0 Å². The highest BCUT2D eigenvalue weighted by Gasteiger charge is 2.04. The Morgan fingerprint density at radius 3 is 2.72 bits per heavy atom. The number of nitrogens with zero attached hydrogens (tertiary/aromatic N) is 1. The van der Waals surface area contributed by atoms with Crippen molar-refractivity contribution in [3.05, 3.63) is 34.7 Å². The first kappa shape index (κ1) is 13.1. The van der Waals surface area contributed by atoms with Crippen LogP contribution in [0, 0.1) is 0 Å². The molecular formula is C14H18N2OS. The molecule has 0 aliphatic heterocycles. The van der Waals surface area contributed by atoms with Crippen LogP contribution in [0.15, 0.2) is 29.6 Å². The van der Waals surface area contributed by atoms with Gasteiger partial charge in [-0.3, -0.25) is 0 Å². The van der Waals surface area contributed by atoms with Gasteiger partial charge in [0.15, 0.2) is 0 Å². The van der Waals surface area contributed by atoms with Gasteiger partial charge in [-0.2, -0.15) is 0 Å². The van der Waals surface area contributed by atoms with E-state index in [1.165, 1.54) is 5.01 Å². The molecule has 0 radical (unpaired) electrons. The van der Waals surface area contributed by atoms with E-state index in [1.54, 1.807) is 11.3 Å². The third-order valence-corrected chi connectivity index (χ3v) is 3.51. The number of likely N-dealkylation sites (N-methyl/N-ethyl adjacent to an activating group) is 1. The van der Waals surface area contributed by atoms with E-state index in [4.69, 9.17) is 4.74 Å². The fourth-order valence-corrected chi connectivity index (χ4v) is 2.49. The smallest absolute Gasteiger partial charge is 0.119 e. The van der Waals surface area contributed by atoms with Gasteiger partial charge in [0.2, 0.25) is 0 Å². The van der Waals surface area contributed by atoms with Gasteiger partial charge in [0.25, 0.3) is 0 Å². The molecule has 1 aromatic carbocycles. The number of hydrogen-bond donors (Lipinski definition) is 1. The normalized spacial score (nSPS) is 10.6. The van der Waals surface area contributed by atoms with Crippen LogP contribution in [0.4, 0.5) is 0 Å². The molecule has 0 amide bonds. The average molecular weight is 262 g/mol. The standard InChI is InChI=1S/C14H18N2OS/c1-3-17-12-6-4-11(5-7-12)13-10-18-14(16-13)8-9-15-2/h4-7,10,15H,3,8-9H2,1-2H3. The highest BCUT2D eigenvalue weighted by molar-refractivity contribution is 7.09. The van der Waals surface area contributed by atoms with E-state index in [9.17, 15) is 0 Å². The molecule has 0 aliphatic carbocycles. The number of ether oxygens (including phenoxy) is 1. The van der Waals surface area contributed by atoms with Gasteiger partial charge in [0.05, 0.1) is 17.3 Å². The van der Waals surface area contributed by atoms with Crippen LogP contribution in [-0.4, -0.2) is 25.2 Å². The second-order valence-electron chi connectivity index (χ2n) is 3.94. The zero-order chi connectivity index (χ0) is 12.8. The maximum atomic E-state index is 5.43. The van der Waals surface area contributed by atoms with Crippen LogP contribution in [0.25, 0.3) is 11.3 Å². The van der Waals surface area contributed by atoms with Crippen molar-refractivity contribution in [3.8, 4) is 17.0 Å². The lowest BCUT2D eigenvalue weighted by Gasteiger charge is -2.03. The summed E-state index contributed by atoms with van der Waals surface area (Å²) in [5.41, 5.74) is 2.19. The summed E-state index contributed by atoms with van der Waals surface area (Å²) in [5.74, 6) is 0.909. The number of aromatic nitrogens is 1. The van der Waals surface area contributed by atoms with E-state index >= 15 is 0 Å². The molecule has 0 atom stereocenters. The van der Waals surface area contributed by atoms with Crippen molar-refractivity contribution in [1.29, 1.82) is 0 Å². The number of benzene rings is 1. The van der Waals surface area contributed by atoms with Crippen LogP contribution in [0.2, 0.25) is 0 Å². The topological polar surface area (TPSA) is 34.1 Å². The Labute approximate surface area is 112 Å². The molecule has 1 N–H and O–H groups in total. The molecule has 0 bridgehead atoms. The Hall–Kier alpha value is -1.39. The van der Waals surface area contributed by atoms with Crippen LogP contribution < -0.4 is 10.1 Å². The van der Waals surface area contributed by atoms with Gasteiger partial charge in [-0.05, 0) is 38.2 Å². The van der Waals surface area contributed by atoms with Crippen LogP contribution in [0.3, 0.4) is 0 Å². The molecule has 0 fully saturated rings. The Morgan fingerprint density at radius 1 is 1.28 bits per heavy atom. The zero-order valence-electron chi connectivity index (χ0n) is 10.8. The van der Waals surface area contributed by atoms with E-state index in [2.05, 4.69) is 27.8 Å². The quantitative estimate of drug-likeness (QED) is 0.869. The SMILES string of the molecule is CCOc1ccc(-c2csc(CCNC)n2)cc1. The van der Waals surface area contributed by atoms with E-state index in [0.29, 0.717) is 6.61 Å². The maximum absolute atomic E-state index is 5.43. The highest BCUT2D eigenvalue weighted by atomic mass is 32.1. The van der Waals surface area contributed by atoms with E-state index in [1.807, 2.05) is 26.1 Å². The summed E-state index contributed by atoms with van der Waals surface area (Å²) >= 11 is 1.72. The molecule has 4 heteroatoms. The van der Waals surface area contributed by atoms with Crippen LogP contribution in [0.5, 0.6) is 5.75 Å². The van der Waals surface area contributed by atoms with Crippen molar-refractivity contribution in [2.45, 2.75) is 13.3 Å². The van der Waals surface area contributed by atoms with Gasteiger partial charge in [0, 0.05) is 23.9 Å². The zero-order valence-corrected chi connectivity index (χ0v) is 11.6. The van der Waals surface area contributed by atoms with Crippen molar-refractivity contribution in [2.24, 2.45) is 0 Å². The molecule has 0 saturated heterocycles. The summed E-state index contributed by atoms with van der Waals surface area (Å²) in [6.07, 6.45) is 0.984. The molecule has 0 spiro atoms. The Bertz CT molecular complexity index is 479. The van der Waals surface area contributed by atoms with Crippen molar-refractivity contribution in [3.63, 3.8) is 0 Å². The lowest BCUT2D eigenvalue weighted by molar-refractivity contribution is 0.340. The summed E-state index contributed by atoms with van der Waals surface area (Å²) in [7, 11) is 1.96. The molecule has 0 saturated carbocycles. The van der Waals surface area contributed by atoms with Crippen molar-refractivity contribution in [2.75, 3.05) is 20.2 Å². The minimum atomic E-state index is 0.699. The van der Waals surface area contributed by atoms with Gasteiger partial charge in [-0.15, -0.1) is 11.3 Å². The van der Waals surface area contributed by atoms with Crippen LogP contribution in [-0.2, 0) is 6.42 Å². The largest absolute Gasteiger partial charge is 0.494 e. The molecule has 2 rings (SSSR count). The minimum absolute atomic E-state index is 0.699. The molecule has 3 nitrogen and oxygen atoms in total. The third kappa shape index (κ3) is 3.31. The molecule has 2 aromatic rings. The van der Waals surface area contributed by atoms with E-state index < -0.39 is 0 Å². The molecule has 0 unspecified atom stereocenters. The van der Waals surface area contributed by atoms with Crippen molar-refractivity contribution >= 4 is 11.3 Å². The van der Waals surface area contributed by atoms with E-state index in [0.717, 1.165) is 30.0 Å². The first-order chi connectivity index (χ1) is 8.83. The summed E-state index contributed by atoms with van der Waals surface area (Å²) < 4.78 is 5.43. The number of rotatable bonds is 6. The fraction of sp³-hybridized carbons (Fsp3) is 0.357.